The van der Waals surface area contributed by atoms with Crippen molar-refractivity contribution in [1.82, 2.24) is 15.2 Å². The maximum Gasteiger partial charge on any atom is 0.213 e. The van der Waals surface area contributed by atoms with Gasteiger partial charge in [0, 0.05) is 37.8 Å². The number of likely N-dealkylation sites (N-methyl/N-ethyl adjacent to an activating group) is 1. The lowest BCUT2D eigenvalue weighted by Crippen LogP contribution is -2.41. The molecule has 0 bridgehead atoms. The zero-order valence-corrected chi connectivity index (χ0v) is 14.9. The number of aromatic nitrogens is 1. The normalized spacial score (nSPS) is 11.3. The third kappa shape index (κ3) is 6.08. The summed E-state index contributed by atoms with van der Waals surface area (Å²) in [5.74, 6) is 1.42. The minimum atomic E-state index is 0.506. The Kier molecular flexibility index (Phi) is 7.16. The molecule has 1 N–H and O–H groups in total. The van der Waals surface area contributed by atoms with Crippen LogP contribution in [0.2, 0.25) is 5.02 Å². The first-order valence-electron chi connectivity index (χ1n) is 7.37. The number of nitrogens with one attached hydrogen (secondary N) is 1. The van der Waals surface area contributed by atoms with Crippen LogP contribution in [-0.2, 0) is 6.42 Å². The van der Waals surface area contributed by atoms with E-state index in [1.165, 1.54) is 4.88 Å². The molecular formula is C16H21ClN4OS. The summed E-state index contributed by atoms with van der Waals surface area (Å²) in [5.41, 5.74) is 0. The Hall–Kier alpha value is -1.79. The molecule has 0 saturated carbocycles. The second-order valence-electron chi connectivity index (χ2n) is 4.89. The molecule has 0 spiro atoms. The van der Waals surface area contributed by atoms with Crippen molar-refractivity contribution < 1.29 is 4.74 Å². The predicted molar refractivity (Wildman–Crippen MR) is 96.8 cm³/mol. The Labute approximate surface area is 146 Å². The van der Waals surface area contributed by atoms with E-state index < -0.39 is 0 Å². The lowest BCUT2D eigenvalue weighted by molar-refractivity contribution is 0.307. The highest BCUT2D eigenvalue weighted by atomic mass is 35.5. The zero-order valence-electron chi connectivity index (χ0n) is 13.3. The number of pyridine rings is 1. The van der Waals surface area contributed by atoms with Gasteiger partial charge in [-0.2, -0.15) is 0 Å². The van der Waals surface area contributed by atoms with Crippen LogP contribution in [0.1, 0.15) is 4.88 Å². The maximum absolute atomic E-state index is 5.78. The van der Waals surface area contributed by atoms with Crippen molar-refractivity contribution in [2.24, 2.45) is 4.99 Å². The topological polar surface area (TPSA) is 49.8 Å². The summed E-state index contributed by atoms with van der Waals surface area (Å²) < 4.78 is 5.55. The van der Waals surface area contributed by atoms with E-state index in [0.717, 1.165) is 18.9 Å². The van der Waals surface area contributed by atoms with Gasteiger partial charge in [0.15, 0.2) is 5.96 Å². The van der Waals surface area contributed by atoms with Gasteiger partial charge in [0.1, 0.15) is 6.61 Å². The smallest absolute Gasteiger partial charge is 0.213 e. The molecule has 23 heavy (non-hydrogen) atoms. The van der Waals surface area contributed by atoms with Crippen LogP contribution in [0.4, 0.5) is 0 Å². The molecule has 0 aliphatic heterocycles. The van der Waals surface area contributed by atoms with Gasteiger partial charge in [-0.05, 0) is 23.9 Å². The summed E-state index contributed by atoms with van der Waals surface area (Å²) >= 11 is 7.56. The number of thiophene rings is 1. The van der Waals surface area contributed by atoms with Gasteiger partial charge < -0.3 is 15.0 Å². The Morgan fingerprint density at radius 3 is 2.96 bits per heavy atom. The van der Waals surface area contributed by atoms with Crippen LogP contribution >= 0.6 is 22.9 Å². The van der Waals surface area contributed by atoms with Crippen molar-refractivity contribution in [3.63, 3.8) is 0 Å². The SMILES string of the molecule is CN=C(NCCOc1ccc(Cl)cn1)N(C)CCc1cccs1. The molecule has 0 aromatic carbocycles. The first-order chi connectivity index (χ1) is 11.2. The molecule has 2 heterocycles. The van der Waals surface area contributed by atoms with E-state index in [0.29, 0.717) is 24.1 Å². The third-order valence-electron chi connectivity index (χ3n) is 3.18. The molecule has 0 aliphatic rings. The standard InChI is InChI=1S/C16H21ClN4OS/c1-18-16(21(2)9-7-14-4-3-11-23-14)19-8-10-22-15-6-5-13(17)12-20-15/h3-6,11-12H,7-10H2,1-2H3,(H,18,19). The Balaban J connectivity index is 1.68. The fraction of sp³-hybridized carbons (Fsp3) is 0.375. The van der Waals surface area contributed by atoms with Crippen molar-refractivity contribution in [3.05, 3.63) is 45.7 Å². The predicted octanol–water partition coefficient (Wildman–Crippen LogP) is 2.93. The molecule has 7 heteroatoms. The van der Waals surface area contributed by atoms with Crippen LogP contribution in [-0.4, -0.2) is 49.6 Å². The van der Waals surface area contributed by atoms with Crippen molar-refractivity contribution in [1.29, 1.82) is 0 Å². The molecule has 0 amide bonds. The van der Waals surface area contributed by atoms with Gasteiger partial charge in [-0.1, -0.05) is 17.7 Å². The van der Waals surface area contributed by atoms with E-state index in [9.17, 15) is 0 Å². The second kappa shape index (κ2) is 9.37. The second-order valence-corrected chi connectivity index (χ2v) is 6.36. The summed E-state index contributed by atoms with van der Waals surface area (Å²) in [7, 11) is 3.82. The number of hydrogen-bond donors (Lipinski definition) is 1. The Morgan fingerprint density at radius 1 is 1.43 bits per heavy atom. The molecule has 5 nitrogen and oxygen atoms in total. The third-order valence-corrected chi connectivity index (χ3v) is 4.34. The van der Waals surface area contributed by atoms with Crippen molar-refractivity contribution in [2.75, 3.05) is 33.8 Å². The molecule has 0 aliphatic carbocycles. The van der Waals surface area contributed by atoms with E-state index in [-0.39, 0.29) is 0 Å². The van der Waals surface area contributed by atoms with E-state index >= 15 is 0 Å². The fourth-order valence-electron chi connectivity index (χ4n) is 1.99. The fourth-order valence-corrected chi connectivity index (χ4v) is 2.80. The van der Waals surface area contributed by atoms with Gasteiger partial charge in [-0.15, -0.1) is 11.3 Å². The van der Waals surface area contributed by atoms with Crippen molar-refractivity contribution in [3.8, 4) is 5.88 Å². The van der Waals surface area contributed by atoms with Gasteiger partial charge in [0.05, 0.1) is 11.6 Å². The average molecular weight is 353 g/mol. The quantitative estimate of drug-likeness (QED) is 0.473. The molecule has 2 rings (SSSR count). The number of ether oxygens (including phenoxy) is 1. The highest BCUT2D eigenvalue weighted by molar-refractivity contribution is 7.09. The number of aliphatic imine (C=N–C) groups is 1. The largest absolute Gasteiger partial charge is 0.476 e. The van der Waals surface area contributed by atoms with E-state index in [1.54, 1.807) is 36.7 Å². The van der Waals surface area contributed by atoms with Crippen molar-refractivity contribution >= 4 is 28.9 Å². The number of guanidine groups is 1. The highest BCUT2D eigenvalue weighted by Crippen LogP contribution is 2.11. The first-order valence-corrected chi connectivity index (χ1v) is 8.63. The monoisotopic (exact) mass is 352 g/mol. The molecule has 2 aromatic rings. The molecular weight excluding hydrogens is 332 g/mol. The lowest BCUT2D eigenvalue weighted by Gasteiger charge is -2.21. The maximum atomic E-state index is 5.78. The summed E-state index contributed by atoms with van der Waals surface area (Å²) in [6.07, 6.45) is 2.58. The first kappa shape index (κ1) is 17.6. The van der Waals surface area contributed by atoms with Gasteiger partial charge >= 0.3 is 0 Å². The number of rotatable bonds is 7. The van der Waals surface area contributed by atoms with Crippen LogP contribution < -0.4 is 10.1 Å². The van der Waals surface area contributed by atoms with E-state index in [4.69, 9.17) is 16.3 Å². The van der Waals surface area contributed by atoms with Gasteiger partial charge in [-0.3, -0.25) is 4.99 Å². The molecule has 0 fully saturated rings. The van der Waals surface area contributed by atoms with Crippen molar-refractivity contribution in [2.45, 2.75) is 6.42 Å². The molecule has 0 saturated heterocycles. The number of nitrogens with zero attached hydrogens (tertiary/aromatic N) is 3. The Bertz CT molecular complexity index is 601. The molecule has 0 atom stereocenters. The van der Waals surface area contributed by atoms with Crippen LogP contribution in [0.25, 0.3) is 0 Å². The Morgan fingerprint density at radius 2 is 2.30 bits per heavy atom. The van der Waals surface area contributed by atoms with Crippen LogP contribution in [0.5, 0.6) is 5.88 Å². The summed E-state index contributed by atoms with van der Waals surface area (Å²) in [6.45, 7) is 2.08. The van der Waals surface area contributed by atoms with E-state index in [2.05, 4.69) is 37.7 Å². The van der Waals surface area contributed by atoms with Gasteiger partial charge in [0.25, 0.3) is 0 Å². The number of halogens is 1. The van der Waals surface area contributed by atoms with Crippen LogP contribution in [0.15, 0.2) is 40.8 Å². The molecule has 2 aromatic heterocycles. The lowest BCUT2D eigenvalue weighted by atomic mass is 10.3. The molecule has 124 valence electrons. The van der Waals surface area contributed by atoms with Crippen LogP contribution in [0, 0.1) is 0 Å². The minimum Gasteiger partial charge on any atom is -0.476 e. The summed E-state index contributed by atoms with van der Waals surface area (Å²) in [6, 6.07) is 7.75. The van der Waals surface area contributed by atoms with Crippen LogP contribution in [0.3, 0.4) is 0 Å². The highest BCUT2D eigenvalue weighted by Gasteiger charge is 2.06. The average Bonchev–Trinajstić information content (AvgIpc) is 3.08. The summed E-state index contributed by atoms with van der Waals surface area (Å²) in [5, 5.41) is 5.98. The van der Waals surface area contributed by atoms with E-state index in [1.807, 2.05) is 7.05 Å². The van der Waals surface area contributed by atoms with Gasteiger partial charge in [0.2, 0.25) is 5.88 Å². The molecule has 0 unspecified atom stereocenters. The minimum absolute atomic E-state index is 0.506. The molecule has 0 radical (unpaired) electrons. The summed E-state index contributed by atoms with van der Waals surface area (Å²) in [4.78, 5) is 11.9. The zero-order chi connectivity index (χ0) is 16.5. The number of hydrogen-bond acceptors (Lipinski definition) is 4. The van der Waals surface area contributed by atoms with Gasteiger partial charge in [-0.25, -0.2) is 4.98 Å².